The first-order valence-electron chi connectivity index (χ1n) is 6.10. The van der Waals surface area contributed by atoms with Crippen molar-refractivity contribution in [3.63, 3.8) is 0 Å². The molecule has 0 unspecified atom stereocenters. The summed E-state index contributed by atoms with van der Waals surface area (Å²) in [6.45, 7) is 3.98. The summed E-state index contributed by atoms with van der Waals surface area (Å²) in [6.07, 6.45) is -0.880. The summed E-state index contributed by atoms with van der Waals surface area (Å²) in [5, 5.41) is 8.90. The zero-order valence-electron chi connectivity index (χ0n) is 10.5. The van der Waals surface area contributed by atoms with E-state index in [1.165, 1.54) is 4.90 Å². The number of aromatic nitrogens is 2. The molecule has 1 aliphatic heterocycles. The maximum Gasteiger partial charge on any atom is 0.407 e. The number of piperazine rings is 1. The van der Waals surface area contributed by atoms with Gasteiger partial charge in [-0.25, -0.2) is 9.78 Å². The highest BCUT2D eigenvalue weighted by molar-refractivity contribution is 5.70. The Morgan fingerprint density at radius 3 is 2.68 bits per heavy atom. The van der Waals surface area contributed by atoms with Gasteiger partial charge < -0.3 is 19.3 Å². The number of hydrogen-bond donors (Lipinski definition) is 1. The number of anilines is 1. The highest BCUT2D eigenvalue weighted by atomic mass is 16.4. The molecule has 3 rings (SSSR count). The normalized spacial score (nSPS) is 16.1. The zero-order valence-corrected chi connectivity index (χ0v) is 10.5. The number of carboxylic acid groups (broad SMARTS) is 1. The fraction of sp³-hybridized carbons (Fsp3) is 0.417. The highest BCUT2D eigenvalue weighted by Gasteiger charge is 2.23. The van der Waals surface area contributed by atoms with E-state index in [0.29, 0.717) is 43.4 Å². The first-order valence-corrected chi connectivity index (χ1v) is 6.10. The van der Waals surface area contributed by atoms with E-state index < -0.39 is 6.09 Å². The minimum Gasteiger partial charge on any atom is -0.465 e. The Hall–Kier alpha value is -2.31. The first-order chi connectivity index (χ1) is 9.13. The fourth-order valence-electron chi connectivity index (χ4n) is 2.13. The molecule has 0 bridgehead atoms. The van der Waals surface area contributed by atoms with Crippen LogP contribution in [0, 0.1) is 6.92 Å². The van der Waals surface area contributed by atoms with E-state index in [1.54, 1.807) is 0 Å². The summed E-state index contributed by atoms with van der Waals surface area (Å²) >= 11 is 0. The largest absolute Gasteiger partial charge is 0.465 e. The Balaban J connectivity index is 1.80. The second-order valence-electron chi connectivity index (χ2n) is 4.53. The van der Waals surface area contributed by atoms with E-state index in [4.69, 9.17) is 9.52 Å². The van der Waals surface area contributed by atoms with Crippen LogP contribution in [0.5, 0.6) is 0 Å². The molecular formula is C12H14N4O3. The number of hydrogen-bond acceptors (Lipinski definition) is 5. The van der Waals surface area contributed by atoms with Crippen LogP contribution in [0.25, 0.3) is 11.2 Å². The lowest BCUT2D eigenvalue weighted by Crippen LogP contribution is -2.48. The van der Waals surface area contributed by atoms with Crippen molar-refractivity contribution in [2.45, 2.75) is 6.92 Å². The maximum absolute atomic E-state index is 10.8. The molecular weight excluding hydrogens is 248 g/mol. The smallest absolute Gasteiger partial charge is 0.407 e. The van der Waals surface area contributed by atoms with Crippen molar-refractivity contribution in [3.8, 4) is 0 Å². The topological polar surface area (TPSA) is 82.7 Å². The van der Waals surface area contributed by atoms with Crippen LogP contribution in [0.1, 0.15) is 5.69 Å². The quantitative estimate of drug-likeness (QED) is 0.834. The molecule has 0 spiro atoms. The monoisotopic (exact) mass is 262 g/mol. The van der Waals surface area contributed by atoms with Crippen LogP contribution < -0.4 is 4.90 Å². The Labute approximate surface area is 109 Å². The molecule has 0 aromatic carbocycles. The molecule has 0 atom stereocenters. The highest BCUT2D eigenvalue weighted by Crippen LogP contribution is 2.21. The molecule has 7 nitrogen and oxygen atoms in total. The second kappa shape index (κ2) is 4.42. The standard InChI is InChI=1S/C12H14N4O3/c1-8-2-3-9-10(13-8)14-11(19-9)15-4-6-16(7-5-15)12(17)18/h2-3H,4-7H2,1H3,(H,17,18). The van der Waals surface area contributed by atoms with Gasteiger partial charge in [-0.2, -0.15) is 4.98 Å². The molecule has 3 heterocycles. The van der Waals surface area contributed by atoms with Gasteiger partial charge in [0, 0.05) is 31.9 Å². The number of fused-ring (bicyclic) bond motifs is 1. The van der Waals surface area contributed by atoms with Gasteiger partial charge in [0.2, 0.25) is 5.65 Å². The predicted octanol–water partition coefficient (Wildman–Crippen LogP) is 1.33. The van der Waals surface area contributed by atoms with Crippen LogP contribution in [0.4, 0.5) is 10.8 Å². The Morgan fingerprint density at radius 1 is 1.26 bits per heavy atom. The number of carbonyl (C=O) groups is 1. The van der Waals surface area contributed by atoms with Gasteiger partial charge in [-0.3, -0.25) is 0 Å². The van der Waals surface area contributed by atoms with Crippen molar-refractivity contribution in [3.05, 3.63) is 17.8 Å². The summed E-state index contributed by atoms with van der Waals surface area (Å²) < 4.78 is 5.64. The van der Waals surface area contributed by atoms with Crippen LogP contribution in [0.15, 0.2) is 16.5 Å². The van der Waals surface area contributed by atoms with Gasteiger partial charge in [-0.15, -0.1) is 0 Å². The number of pyridine rings is 1. The summed E-state index contributed by atoms with van der Waals surface area (Å²) in [5.41, 5.74) is 2.14. The van der Waals surface area contributed by atoms with E-state index in [9.17, 15) is 4.79 Å². The SMILES string of the molecule is Cc1ccc2oc(N3CCN(C(=O)O)CC3)nc2n1. The summed E-state index contributed by atoms with van der Waals surface area (Å²) in [7, 11) is 0. The first kappa shape index (κ1) is 11.8. The van der Waals surface area contributed by atoms with E-state index in [1.807, 2.05) is 24.0 Å². The minimum atomic E-state index is -0.880. The summed E-state index contributed by atoms with van der Waals surface area (Å²) in [6, 6.07) is 4.24. The van der Waals surface area contributed by atoms with Crippen LogP contribution in [0.2, 0.25) is 0 Å². The van der Waals surface area contributed by atoms with E-state index >= 15 is 0 Å². The Bertz CT molecular complexity index is 616. The lowest BCUT2D eigenvalue weighted by molar-refractivity contribution is 0.142. The second-order valence-corrected chi connectivity index (χ2v) is 4.53. The van der Waals surface area contributed by atoms with Crippen LogP contribution >= 0.6 is 0 Å². The van der Waals surface area contributed by atoms with Crippen molar-refractivity contribution in [1.29, 1.82) is 0 Å². The molecule has 100 valence electrons. The zero-order chi connectivity index (χ0) is 13.4. The molecule has 7 heteroatoms. The van der Waals surface area contributed by atoms with Gasteiger partial charge in [0.05, 0.1) is 0 Å². The van der Waals surface area contributed by atoms with E-state index in [2.05, 4.69) is 9.97 Å². The number of amides is 1. The third-order valence-electron chi connectivity index (χ3n) is 3.20. The average Bonchev–Trinajstić information content (AvgIpc) is 2.81. The molecule has 1 amide bonds. The van der Waals surface area contributed by atoms with Crippen molar-refractivity contribution in [2.75, 3.05) is 31.1 Å². The number of rotatable bonds is 1. The number of aryl methyl sites for hydroxylation is 1. The third kappa shape index (κ3) is 2.18. The summed E-state index contributed by atoms with van der Waals surface area (Å²) in [4.78, 5) is 22.8. The van der Waals surface area contributed by atoms with Gasteiger partial charge in [-0.1, -0.05) is 0 Å². The molecule has 19 heavy (non-hydrogen) atoms. The van der Waals surface area contributed by atoms with Gasteiger partial charge in [0.1, 0.15) is 0 Å². The van der Waals surface area contributed by atoms with Crippen LogP contribution in [-0.2, 0) is 0 Å². The van der Waals surface area contributed by atoms with Gasteiger partial charge >= 0.3 is 6.09 Å². The lowest BCUT2D eigenvalue weighted by atomic mass is 10.3. The lowest BCUT2D eigenvalue weighted by Gasteiger charge is -2.31. The van der Waals surface area contributed by atoms with Crippen molar-refractivity contribution >= 4 is 23.3 Å². The third-order valence-corrected chi connectivity index (χ3v) is 3.20. The maximum atomic E-state index is 10.8. The van der Waals surface area contributed by atoms with Crippen LogP contribution in [0.3, 0.4) is 0 Å². The van der Waals surface area contributed by atoms with Crippen LogP contribution in [-0.4, -0.2) is 52.2 Å². The molecule has 0 saturated carbocycles. The minimum absolute atomic E-state index is 0.459. The molecule has 1 fully saturated rings. The van der Waals surface area contributed by atoms with Gasteiger partial charge in [-0.05, 0) is 19.1 Å². The average molecular weight is 262 g/mol. The fourth-order valence-corrected chi connectivity index (χ4v) is 2.13. The molecule has 2 aromatic rings. The van der Waals surface area contributed by atoms with Crippen molar-refractivity contribution in [2.24, 2.45) is 0 Å². The predicted molar refractivity (Wildman–Crippen MR) is 68.4 cm³/mol. The van der Waals surface area contributed by atoms with Gasteiger partial charge in [0.25, 0.3) is 6.01 Å². The molecule has 0 aliphatic carbocycles. The Kier molecular flexibility index (Phi) is 2.73. The van der Waals surface area contributed by atoms with Crippen molar-refractivity contribution < 1.29 is 14.3 Å². The molecule has 2 aromatic heterocycles. The number of nitrogens with zero attached hydrogens (tertiary/aromatic N) is 4. The van der Waals surface area contributed by atoms with Gasteiger partial charge in [0.15, 0.2) is 5.58 Å². The molecule has 1 aliphatic rings. The van der Waals surface area contributed by atoms with E-state index in [-0.39, 0.29) is 0 Å². The van der Waals surface area contributed by atoms with Crippen molar-refractivity contribution in [1.82, 2.24) is 14.9 Å². The Morgan fingerprint density at radius 2 is 2.00 bits per heavy atom. The number of oxazole rings is 1. The summed E-state index contributed by atoms with van der Waals surface area (Å²) in [5.74, 6) is 0. The van der Waals surface area contributed by atoms with E-state index in [0.717, 1.165) is 5.69 Å². The molecule has 1 saturated heterocycles. The molecule has 0 radical (unpaired) electrons. The molecule has 1 N–H and O–H groups in total.